The zero-order valence-electron chi connectivity index (χ0n) is 12.0. The first kappa shape index (κ1) is 16.1. The van der Waals surface area contributed by atoms with Crippen molar-refractivity contribution in [2.24, 2.45) is 0 Å². The molecule has 0 saturated carbocycles. The molecule has 21 heavy (non-hydrogen) atoms. The molecular formula is C11H18B3O6P. The first-order valence-corrected chi connectivity index (χ1v) is 8.86. The van der Waals surface area contributed by atoms with Gasteiger partial charge in [-0.1, -0.05) is 0 Å². The molecule has 1 unspecified atom stereocenters. The van der Waals surface area contributed by atoms with E-state index in [0.29, 0.717) is 12.8 Å². The maximum absolute atomic E-state index is 12.0. The van der Waals surface area contributed by atoms with E-state index in [4.69, 9.17) is 26.4 Å². The quantitative estimate of drug-likeness (QED) is 0.564. The number of rotatable bonds is 6. The van der Waals surface area contributed by atoms with E-state index >= 15 is 0 Å². The monoisotopic (exact) mass is 310 g/mol. The standard InChI is InChI=1S/C11H18B3O6P/c1-2-8-9(5-10(12)18-8)20-21(15,16)17-6-7-3-4-11(19-7)13-14-11/h7-10H,2-6H2,1H3,(H,15,16)/t7-,8+,9+,10+/m0/s1. The van der Waals surface area contributed by atoms with Crippen LogP contribution in [0.5, 0.6) is 0 Å². The van der Waals surface area contributed by atoms with E-state index < -0.39 is 19.9 Å². The summed E-state index contributed by atoms with van der Waals surface area (Å²) >= 11 is 0. The van der Waals surface area contributed by atoms with Gasteiger partial charge in [-0.2, -0.15) is 0 Å². The van der Waals surface area contributed by atoms with Crippen molar-refractivity contribution in [3.8, 4) is 0 Å². The van der Waals surface area contributed by atoms with Crippen molar-refractivity contribution in [2.45, 2.75) is 62.3 Å². The van der Waals surface area contributed by atoms with Crippen LogP contribution < -0.4 is 0 Å². The van der Waals surface area contributed by atoms with Gasteiger partial charge in [-0.15, -0.1) is 0 Å². The molecule has 2 fully saturated rings. The third kappa shape index (κ3) is 3.95. The second-order valence-electron chi connectivity index (χ2n) is 5.83. The van der Waals surface area contributed by atoms with Crippen LogP contribution in [0.4, 0.5) is 0 Å². The number of hydrogen-bond donors (Lipinski definition) is 1. The first-order valence-electron chi connectivity index (χ1n) is 7.36. The van der Waals surface area contributed by atoms with Crippen molar-refractivity contribution in [1.82, 2.24) is 0 Å². The Morgan fingerprint density at radius 2 is 2.29 bits per heavy atom. The van der Waals surface area contributed by atoms with E-state index in [1.807, 2.05) is 20.5 Å². The van der Waals surface area contributed by atoms with Gasteiger partial charge in [0.1, 0.15) is 0 Å². The summed E-state index contributed by atoms with van der Waals surface area (Å²) in [6.07, 6.45) is 1.81. The SMILES string of the molecule is [B][C@H]1C[C@@H](OP(=O)(O)OC[C@@H]2CCC3(B=B3)O2)[C@@H](CC)O1. The minimum absolute atomic E-state index is 0.0492. The fourth-order valence-electron chi connectivity index (χ4n) is 2.87. The molecule has 0 aromatic heterocycles. The number of phosphoric acid groups is 1. The van der Waals surface area contributed by atoms with Gasteiger partial charge in [-0.3, -0.25) is 0 Å². The topological polar surface area (TPSA) is 74.2 Å². The molecule has 3 heterocycles. The molecule has 1 N–H and O–H groups in total. The summed E-state index contributed by atoms with van der Waals surface area (Å²) in [5.74, 6) is 0. The number of ether oxygens (including phenoxy) is 2. The van der Waals surface area contributed by atoms with Crippen molar-refractivity contribution >= 4 is 29.3 Å². The normalized spacial score (nSPS) is 39.0. The van der Waals surface area contributed by atoms with E-state index in [1.54, 1.807) is 0 Å². The van der Waals surface area contributed by atoms with Gasteiger partial charge in [0.2, 0.25) is 0 Å². The van der Waals surface area contributed by atoms with Crippen molar-refractivity contribution in [3.05, 3.63) is 0 Å². The summed E-state index contributed by atoms with van der Waals surface area (Å²) in [5, 5.41) is -0.201. The van der Waals surface area contributed by atoms with E-state index in [9.17, 15) is 9.46 Å². The molecule has 0 amide bonds. The van der Waals surface area contributed by atoms with Crippen LogP contribution >= 0.6 is 7.82 Å². The van der Waals surface area contributed by atoms with E-state index in [1.165, 1.54) is 0 Å². The molecule has 0 bridgehead atoms. The first-order chi connectivity index (χ1) is 9.91. The molecular weight excluding hydrogens is 292 g/mol. The molecule has 2 radical (unpaired) electrons. The Bertz CT molecular complexity index is 469. The van der Waals surface area contributed by atoms with Crippen LogP contribution in [0.3, 0.4) is 0 Å². The zero-order chi connectivity index (χ0) is 15.1. The number of phosphoric ester groups is 1. The van der Waals surface area contributed by atoms with Crippen molar-refractivity contribution < 1.29 is 28.0 Å². The Labute approximate surface area is 127 Å². The van der Waals surface area contributed by atoms with Crippen LogP contribution in [0.2, 0.25) is 0 Å². The Balaban J connectivity index is 1.46. The minimum atomic E-state index is -4.13. The Morgan fingerprint density at radius 1 is 1.52 bits per heavy atom. The van der Waals surface area contributed by atoms with Crippen LogP contribution in [0.15, 0.2) is 0 Å². The molecule has 0 aromatic rings. The second kappa shape index (κ2) is 6.02. The molecule has 112 valence electrons. The summed E-state index contributed by atoms with van der Waals surface area (Å²) in [6, 6.07) is -0.459. The molecule has 3 aliphatic heterocycles. The van der Waals surface area contributed by atoms with Gasteiger partial charge in [0.25, 0.3) is 0 Å². The maximum atomic E-state index is 12.0. The molecule has 6 nitrogen and oxygen atoms in total. The predicted molar refractivity (Wildman–Crippen MR) is 78.3 cm³/mol. The summed E-state index contributed by atoms with van der Waals surface area (Å²) in [5.41, 5.74) is 0. The third-order valence-corrected chi connectivity index (χ3v) is 5.12. The van der Waals surface area contributed by atoms with Gasteiger partial charge in [0.05, 0.1) is 0 Å². The third-order valence-electron chi connectivity index (χ3n) is 4.10. The van der Waals surface area contributed by atoms with Crippen molar-refractivity contribution in [2.75, 3.05) is 6.61 Å². The van der Waals surface area contributed by atoms with Gasteiger partial charge in [0.15, 0.2) is 0 Å². The fraction of sp³-hybridized carbons (Fsp3) is 1.00. The van der Waals surface area contributed by atoms with Crippen molar-refractivity contribution in [3.63, 3.8) is 0 Å². The van der Waals surface area contributed by atoms with E-state index in [2.05, 4.69) is 0 Å². The molecule has 10 heteroatoms. The van der Waals surface area contributed by atoms with Crippen LogP contribution in [0.1, 0.15) is 32.6 Å². The van der Waals surface area contributed by atoms with E-state index in [0.717, 1.165) is 12.8 Å². The van der Waals surface area contributed by atoms with Crippen LogP contribution in [-0.2, 0) is 23.1 Å². The second-order valence-corrected chi connectivity index (χ2v) is 7.24. The Kier molecular flexibility index (Phi) is 4.62. The molecule has 0 aromatic carbocycles. The molecule has 3 rings (SSSR count). The van der Waals surface area contributed by atoms with Crippen LogP contribution in [0.25, 0.3) is 0 Å². The van der Waals surface area contributed by atoms with Gasteiger partial charge >= 0.3 is 126 Å². The van der Waals surface area contributed by atoms with Gasteiger partial charge in [-0.25, -0.2) is 0 Å². The fourth-order valence-corrected chi connectivity index (χ4v) is 3.85. The number of hydrogen-bond acceptors (Lipinski definition) is 5. The summed E-state index contributed by atoms with van der Waals surface area (Å²) < 4.78 is 33.4. The Morgan fingerprint density at radius 3 is 2.90 bits per heavy atom. The molecule has 2 saturated heterocycles. The van der Waals surface area contributed by atoms with Gasteiger partial charge < -0.3 is 0 Å². The summed E-state index contributed by atoms with van der Waals surface area (Å²) in [7, 11) is 1.55. The van der Waals surface area contributed by atoms with E-state index in [-0.39, 0.29) is 24.2 Å². The summed E-state index contributed by atoms with van der Waals surface area (Å²) in [4.78, 5) is 9.82. The molecule has 5 atom stereocenters. The molecule has 0 aliphatic carbocycles. The van der Waals surface area contributed by atoms with Crippen LogP contribution in [-0.4, -0.2) is 62.7 Å². The average Bonchev–Trinajstić information content (AvgIpc) is 2.89. The zero-order valence-corrected chi connectivity index (χ0v) is 12.9. The van der Waals surface area contributed by atoms with Gasteiger partial charge in [0, 0.05) is 0 Å². The van der Waals surface area contributed by atoms with Gasteiger partial charge in [-0.05, 0) is 0 Å². The summed E-state index contributed by atoms with van der Waals surface area (Å²) in [6.45, 7) is 5.95. The molecule has 1 spiro atoms. The Hall–Kier alpha value is 0.225. The van der Waals surface area contributed by atoms with Crippen molar-refractivity contribution in [1.29, 1.82) is 0 Å². The molecule has 3 aliphatic rings. The average molecular weight is 310 g/mol. The van der Waals surface area contributed by atoms with Crippen LogP contribution in [0, 0.1) is 0 Å². The predicted octanol–water partition coefficient (Wildman–Crippen LogP) is 0.352.